The monoisotopic (exact) mass is 235 g/mol. The molecule has 0 aliphatic carbocycles. The Hall–Kier alpha value is -1.71. The van der Waals surface area contributed by atoms with E-state index in [1.54, 1.807) is 6.92 Å². The first-order valence-corrected chi connectivity index (χ1v) is 5.66. The molecular formula is C13H17NO3. The number of hydrogen-bond acceptors (Lipinski definition) is 3. The summed E-state index contributed by atoms with van der Waals surface area (Å²) in [4.78, 5) is 21.6. The molecule has 0 saturated carbocycles. The van der Waals surface area contributed by atoms with Crippen LogP contribution in [0, 0.1) is 15.5 Å². The van der Waals surface area contributed by atoms with Crippen LogP contribution in [0.3, 0.4) is 0 Å². The van der Waals surface area contributed by atoms with Gasteiger partial charge in [-0.15, -0.1) is 0 Å². The van der Waals surface area contributed by atoms with Crippen molar-refractivity contribution in [2.24, 2.45) is 5.41 Å². The number of nitro groups is 1. The fraction of sp³-hybridized carbons (Fsp3) is 0.462. The topological polar surface area (TPSA) is 60.2 Å². The molecule has 0 aliphatic heterocycles. The third-order valence-corrected chi connectivity index (χ3v) is 3.36. The normalized spacial score (nSPS) is 15.9. The highest BCUT2D eigenvalue weighted by Gasteiger charge is 2.37. The van der Waals surface area contributed by atoms with Crippen LogP contribution in [0.5, 0.6) is 0 Å². The van der Waals surface area contributed by atoms with Gasteiger partial charge in [0.15, 0.2) is 0 Å². The zero-order chi connectivity index (χ0) is 12.9. The van der Waals surface area contributed by atoms with Gasteiger partial charge in [-0.2, -0.15) is 0 Å². The Morgan fingerprint density at radius 1 is 1.41 bits per heavy atom. The van der Waals surface area contributed by atoms with E-state index in [1.807, 2.05) is 37.3 Å². The quantitative estimate of drug-likeness (QED) is 0.432. The summed E-state index contributed by atoms with van der Waals surface area (Å²) in [6.45, 7) is 3.44. The van der Waals surface area contributed by atoms with Gasteiger partial charge in [-0.25, -0.2) is 0 Å². The summed E-state index contributed by atoms with van der Waals surface area (Å²) in [5.74, 6) is -0.374. The molecular weight excluding hydrogens is 218 g/mol. The summed E-state index contributed by atoms with van der Waals surface area (Å²) >= 11 is 0. The molecule has 1 aromatic carbocycles. The van der Waals surface area contributed by atoms with Crippen LogP contribution in [0.4, 0.5) is 0 Å². The van der Waals surface area contributed by atoms with Crippen LogP contribution in [0.1, 0.15) is 31.7 Å². The maximum Gasteiger partial charge on any atom is 0.211 e. The number of rotatable bonds is 6. The van der Waals surface area contributed by atoms with Gasteiger partial charge < -0.3 is 4.79 Å². The average Bonchev–Trinajstić information content (AvgIpc) is 2.36. The van der Waals surface area contributed by atoms with Crippen LogP contribution in [-0.2, 0) is 4.79 Å². The third kappa shape index (κ3) is 3.12. The van der Waals surface area contributed by atoms with Crippen molar-refractivity contribution in [1.82, 2.24) is 0 Å². The van der Waals surface area contributed by atoms with Gasteiger partial charge in [0.2, 0.25) is 6.54 Å². The lowest BCUT2D eigenvalue weighted by molar-refractivity contribution is -0.485. The van der Waals surface area contributed by atoms with E-state index >= 15 is 0 Å². The molecule has 0 unspecified atom stereocenters. The van der Waals surface area contributed by atoms with E-state index in [2.05, 4.69) is 0 Å². The zero-order valence-corrected chi connectivity index (χ0v) is 10.1. The van der Waals surface area contributed by atoms with Gasteiger partial charge in [0.05, 0.1) is 5.92 Å². The van der Waals surface area contributed by atoms with Gasteiger partial charge in [0.25, 0.3) is 0 Å². The molecule has 0 aromatic heterocycles. The standard InChI is InChI=1S/C13H17NO3/c1-3-13(2,10-15)12(9-14(16)17)11-7-5-4-6-8-11/h4-8,10,12H,3,9H2,1-2H3/t12-,13+/m1/s1. The summed E-state index contributed by atoms with van der Waals surface area (Å²) in [5.41, 5.74) is 0.162. The van der Waals surface area contributed by atoms with E-state index in [0.29, 0.717) is 6.42 Å². The number of aldehydes is 1. The van der Waals surface area contributed by atoms with Crippen molar-refractivity contribution in [3.05, 3.63) is 46.0 Å². The van der Waals surface area contributed by atoms with Crippen LogP contribution < -0.4 is 0 Å². The lowest BCUT2D eigenvalue weighted by atomic mass is 9.72. The summed E-state index contributed by atoms with van der Waals surface area (Å²) in [7, 11) is 0. The number of carbonyl (C=O) groups excluding carboxylic acids is 1. The number of carbonyl (C=O) groups is 1. The molecule has 0 spiro atoms. The first-order chi connectivity index (χ1) is 8.03. The molecule has 0 saturated heterocycles. The highest BCUT2D eigenvalue weighted by Crippen LogP contribution is 2.37. The maximum atomic E-state index is 11.2. The Bertz CT molecular complexity index is 391. The first kappa shape index (κ1) is 13.4. The van der Waals surface area contributed by atoms with E-state index in [-0.39, 0.29) is 17.4 Å². The molecule has 1 rings (SSSR count). The molecule has 0 amide bonds. The third-order valence-electron chi connectivity index (χ3n) is 3.36. The summed E-state index contributed by atoms with van der Waals surface area (Å²) in [5, 5.41) is 10.8. The second-order valence-electron chi connectivity index (χ2n) is 4.46. The fourth-order valence-corrected chi connectivity index (χ4v) is 1.94. The molecule has 0 radical (unpaired) electrons. The first-order valence-electron chi connectivity index (χ1n) is 5.66. The Labute approximate surface area is 101 Å². The van der Waals surface area contributed by atoms with Crippen molar-refractivity contribution >= 4 is 6.29 Å². The molecule has 0 heterocycles. The highest BCUT2D eigenvalue weighted by atomic mass is 16.6. The van der Waals surface area contributed by atoms with Gasteiger partial charge in [-0.05, 0) is 12.0 Å². The van der Waals surface area contributed by atoms with Crippen molar-refractivity contribution < 1.29 is 9.72 Å². The molecule has 17 heavy (non-hydrogen) atoms. The number of hydrogen-bond donors (Lipinski definition) is 0. The van der Waals surface area contributed by atoms with Crippen LogP contribution in [-0.4, -0.2) is 17.8 Å². The molecule has 0 aliphatic rings. The van der Waals surface area contributed by atoms with E-state index < -0.39 is 5.41 Å². The van der Waals surface area contributed by atoms with E-state index in [9.17, 15) is 14.9 Å². The molecule has 4 nitrogen and oxygen atoms in total. The number of nitrogens with zero attached hydrogens (tertiary/aromatic N) is 1. The second kappa shape index (κ2) is 5.57. The average molecular weight is 235 g/mol. The summed E-state index contributed by atoms with van der Waals surface area (Å²) in [6.07, 6.45) is 1.43. The molecule has 0 fully saturated rings. The molecule has 2 atom stereocenters. The largest absolute Gasteiger partial charge is 0.303 e. The van der Waals surface area contributed by atoms with Crippen LogP contribution in [0.2, 0.25) is 0 Å². The van der Waals surface area contributed by atoms with Gasteiger partial charge in [0, 0.05) is 10.3 Å². The van der Waals surface area contributed by atoms with Crippen LogP contribution in [0.15, 0.2) is 30.3 Å². The Morgan fingerprint density at radius 3 is 2.41 bits per heavy atom. The minimum absolute atomic E-state index is 0.215. The van der Waals surface area contributed by atoms with Crippen molar-refractivity contribution in [1.29, 1.82) is 0 Å². The van der Waals surface area contributed by atoms with Crippen LogP contribution >= 0.6 is 0 Å². The molecule has 92 valence electrons. The fourth-order valence-electron chi connectivity index (χ4n) is 1.94. The van der Waals surface area contributed by atoms with Crippen molar-refractivity contribution in [3.63, 3.8) is 0 Å². The molecule has 0 N–H and O–H groups in total. The lowest BCUT2D eigenvalue weighted by Crippen LogP contribution is -2.31. The van der Waals surface area contributed by atoms with E-state index in [4.69, 9.17) is 0 Å². The van der Waals surface area contributed by atoms with Gasteiger partial charge >= 0.3 is 0 Å². The van der Waals surface area contributed by atoms with E-state index in [0.717, 1.165) is 11.8 Å². The van der Waals surface area contributed by atoms with Crippen molar-refractivity contribution in [3.8, 4) is 0 Å². The summed E-state index contributed by atoms with van der Waals surface area (Å²) < 4.78 is 0. The number of benzene rings is 1. The minimum Gasteiger partial charge on any atom is -0.303 e. The SMILES string of the molecule is CC[C@@](C)(C=O)[C@H](C[N+](=O)[O-])c1ccccc1. The van der Waals surface area contributed by atoms with Gasteiger partial charge in [-0.1, -0.05) is 44.2 Å². The van der Waals surface area contributed by atoms with Crippen LogP contribution in [0.25, 0.3) is 0 Å². The Morgan fingerprint density at radius 2 is 2.00 bits per heavy atom. The Kier molecular flexibility index (Phi) is 4.37. The van der Waals surface area contributed by atoms with Gasteiger partial charge in [-0.3, -0.25) is 10.1 Å². The van der Waals surface area contributed by atoms with Crippen molar-refractivity contribution in [2.45, 2.75) is 26.2 Å². The second-order valence-corrected chi connectivity index (χ2v) is 4.46. The predicted octanol–water partition coefficient (Wildman–Crippen LogP) is 2.66. The summed E-state index contributed by atoms with van der Waals surface area (Å²) in [6, 6.07) is 9.21. The molecule has 1 aromatic rings. The van der Waals surface area contributed by atoms with Gasteiger partial charge in [0.1, 0.15) is 6.29 Å². The maximum absolute atomic E-state index is 11.2. The predicted molar refractivity (Wildman–Crippen MR) is 65.5 cm³/mol. The minimum atomic E-state index is -0.686. The highest BCUT2D eigenvalue weighted by molar-refractivity contribution is 5.61. The van der Waals surface area contributed by atoms with Crippen molar-refractivity contribution in [2.75, 3.05) is 6.54 Å². The Balaban J connectivity index is 3.12. The zero-order valence-electron chi connectivity index (χ0n) is 10.1. The molecule has 4 heteroatoms. The van der Waals surface area contributed by atoms with E-state index in [1.165, 1.54) is 0 Å². The molecule has 0 bridgehead atoms. The lowest BCUT2D eigenvalue weighted by Gasteiger charge is -2.29. The smallest absolute Gasteiger partial charge is 0.211 e.